The lowest BCUT2D eigenvalue weighted by Crippen LogP contribution is -2.50. The predicted octanol–water partition coefficient (Wildman–Crippen LogP) is 2.33. The second-order valence-corrected chi connectivity index (χ2v) is 7.50. The van der Waals surface area contributed by atoms with E-state index in [9.17, 15) is 9.59 Å². The Balaban J connectivity index is 0.00000288. The highest BCUT2D eigenvalue weighted by molar-refractivity contribution is 5.85. The molecule has 0 aromatic heterocycles. The van der Waals surface area contributed by atoms with Crippen LogP contribution in [0.2, 0.25) is 0 Å². The number of hydrogen-bond donors (Lipinski definition) is 2. The van der Waals surface area contributed by atoms with Crippen molar-refractivity contribution in [3.05, 3.63) is 0 Å². The first-order valence-corrected chi connectivity index (χ1v) is 9.32. The smallest absolute Gasteiger partial charge is 0.225 e. The van der Waals surface area contributed by atoms with Crippen LogP contribution in [0.1, 0.15) is 58.8 Å². The van der Waals surface area contributed by atoms with Crippen LogP contribution in [-0.4, -0.2) is 42.4 Å². The second-order valence-electron chi connectivity index (χ2n) is 7.50. The number of rotatable bonds is 5. The molecular formula is C18H34ClN3O2. The van der Waals surface area contributed by atoms with Gasteiger partial charge in [0.15, 0.2) is 0 Å². The summed E-state index contributed by atoms with van der Waals surface area (Å²) in [5, 5.41) is 3.21. The fraction of sp³-hybridized carbons (Fsp3) is 0.889. The van der Waals surface area contributed by atoms with Gasteiger partial charge < -0.3 is 16.0 Å². The Bertz CT molecular complexity index is 403. The van der Waals surface area contributed by atoms with Gasteiger partial charge in [0.1, 0.15) is 0 Å². The lowest BCUT2D eigenvalue weighted by Gasteiger charge is -2.35. The molecule has 0 radical (unpaired) electrons. The molecular weight excluding hydrogens is 326 g/mol. The minimum Gasteiger partial charge on any atom is -0.352 e. The largest absolute Gasteiger partial charge is 0.352 e. The maximum absolute atomic E-state index is 12.6. The van der Waals surface area contributed by atoms with Gasteiger partial charge in [0.25, 0.3) is 0 Å². The van der Waals surface area contributed by atoms with E-state index in [4.69, 9.17) is 5.73 Å². The number of carbonyl (C=O) groups excluding carboxylic acids is 2. The minimum atomic E-state index is 0. The predicted molar refractivity (Wildman–Crippen MR) is 99.0 cm³/mol. The molecule has 2 aliphatic rings. The standard InChI is InChI=1S/C18H33N3O2.ClH/c1-13(2)18(23)21-10-8-15(9-11-21)17(22)20-16(12-19)14-6-4-3-5-7-14;/h13-16H,3-12,19H2,1-2H3,(H,20,22);1H. The molecule has 24 heavy (non-hydrogen) atoms. The minimum absolute atomic E-state index is 0. The molecule has 1 heterocycles. The summed E-state index contributed by atoms with van der Waals surface area (Å²) >= 11 is 0. The Morgan fingerprint density at radius 2 is 1.67 bits per heavy atom. The Morgan fingerprint density at radius 1 is 1.08 bits per heavy atom. The first kappa shape index (κ1) is 21.2. The molecule has 1 atom stereocenters. The van der Waals surface area contributed by atoms with E-state index in [1.807, 2.05) is 18.7 Å². The topological polar surface area (TPSA) is 75.4 Å². The maximum atomic E-state index is 12.6. The van der Waals surface area contributed by atoms with E-state index < -0.39 is 0 Å². The quantitative estimate of drug-likeness (QED) is 0.791. The first-order valence-electron chi connectivity index (χ1n) is 9.32. The van der Waals surface area contributed by atoms with Gasteiger partial charge in [0.2, 0.25) is 11.8 Å². The van der Waals surface area contributed by atoms with Crippen LogP contribution in [0, 0.1) is 17.8 Å². The molecule has 0 bridgehead atoms. The molecule has 1 saturated carbocycles. The van der Waals surface area contributed by atoms with Crippen molar-refractivity contribution in [2.24, 2.45) is 23.5 Å². The van der Waals surface area contributed by atoms with Gasteiger partial charge in [-0.25, -0.2) is 0 Å². The van der Waals surface area contributed by atoms with Crippen molar-refractivity contribution in [1.29, 1.82) is 0 Å². The number of nitrogens with zero attached hydrogens (tertiary/aromatic N) is 1. The molecule has 3 N–H and O–H groups in total. The van der Waals surface area contributed by atoms with E-state index >= 15 is 0 Å². The summed E-state index contributed by atoms with van der Waals surface area (Å²) in [7, 11) is 0. The number of piperidine rings is 1. The highest BCUT2D eigenvalue weighted by Crippen LogP contribution is 2.27. The molecule has 6 heteroatoms. The molecule has 0 aromatic carbocycles. The third-order valence-corrected chi connectivity index (χ3v) is 5.47. The van der Waals surface area contributed by atoms with Gasteiger partial charge in [0.05, 0.1) is 0 Å². The molecule has 1 aliphatic heterocycles. The van der Waals surface area contributed by atoms with Crippen LogP contribution in [0.5, 0.6) is 0 Å². The summed E-state index contributed by atoms with van der Waals surface area (Å²) in [4.78, 5) is 26.5. The van der Waals surface area contributed by atoms with Gasteiger partial charge >= 0.3 is 0 Å². The summed E-state index contributed by atoms with van der Waals surface area (Å²) in [5.74, 6) is 0.950. The summed E-state index contributed by atoms with van der Waals surface area (Å²) in [6, 6.07) is 0.123. The van der Waals surface area contributed by atoms with Gasteiger partial charge in [-0.1, -0.05) is 33.1 Å². The van der Waals surface area contributed by atoms with Crippen LogP contribution in [0.4, 0.5) is 0 Å². The normalized spacial score (nSPS) is 21.2. The number of nitrogens with one attached hydrogen (secondary N) is 1. The van der Waals surface area contributed by atoms with Gasteiger partial charge in [-0.05, 0) is 31.6 Å². The number of halogens is 1. The van der Waals surface area contributed by atoms with Crippen LogP contribution in [-0.2, 0) is 9.59 Å². The zero-order valence-corrected chi connectivity index (χ0v) is 15.9. The Labute approximate surface area is 152 Å². The highest BCUT2D eigenvalue weighted by Gasteiger charge is 2.31. The van der Waals surface area contributed by atoms with E-state index in [-0.39, 0.29) is 42.1 Å². The third-order valence-electron chi connectivity index (χ3n) is 5.47. The Morgan fingerprint density at radius 3 is 2.17 bits per heavy atom. The zero-order chi connectivity index (χ0) is 16.8. The average molecular weight is 360 g/mol. The van der Waals surface area contributed by atoms with Crippen molar-refractivity contribution in [2.45, 2.75) is 64.8 Å². The van der Waals surface area contributed by atoms with E-state index in [0.29, 0.717) is 25.6 Å². The van der Waals surface area contributed by atoms with E-state index in [1.54, 1.807) is 0 Å². The molecule has 140 valence electrons. The molecule has 0 spiro atoms. The van der Waals surface area contributed by atoms with E-state index in [2.05, 4.69) is 5.32 Å². The van der Waals surface area contributed by atoms with Crippen LogP contribution in [0.15, 0.2) is 0 Å². The van der Waals surface area contributed by atoms with Gasteiger partial charge in [0, 0.05) is 37.5 Å². The van der Waals surface area contributed by atoms with Crippen molar-refractivity contribution in [3.8, 4) is 0 Å². The molecule has 2 amide bonds. The highest BCUT2D eigenvalue weighted by atomic mass is 35.5. The summed E-state index contributed by atoms with van der Waals surface area (Å²) in [6.07, 6.45) is 7.73. The second kappa shape index (κ2) is 10.2. The van der Waals surface area contributed by atoms with Crippen LogP contribution in [0.25, 0.3) is 0 Å². The van der Waals surface area contributed by atoms with Gasteiger partial charge in [-0.2, -0.15) is 0 Å². The van der Waals surface area contributed by atoms with E-state index in [0.717, 1.165) is 12.8 Å². The molecule has 1 unspecified atom stereocenters. The van der Waals surface area contributed by atoms with Gasteiger partial charge in [-0.3, -0.25) is 9.59 Å². The zero-order valence-electron chi connectivity index (χ0n) is 15.1. The molecule has 1 saturated heterocycles. The molecule has 5 nitrogen and oxygen atoms in total. The SMILES string of the molecule is CC(C)C(=O)N1CCC(C(=O)NC(CN)C2CCCCC2)CC1.Cl. The lowest BCUT2D eigenvalue weighted by atomic mass is 9.83. The maximum Gasteiger partial charge on any atom is 0.225 e. The van der Waals surface area contributed by atoms with Crippen molar-refractivity contribution >= 4 is 24.2 Å². The van der Waals surface area contributed by atoms with E-state index in [1.165, 1.54) is 32.1 Å². The average Bonchev–Trinajstić information content (AvgIpc) is 2.59. The molecule has 2 fully saturated rings. The molecule has 0 aromatic rings. The van der Waals surface area contributed by atoms with Crippen molar-refractivity contribution in [2.75, 3.05) is 19.6 Å². The first-order chi connectivity index (χ1) is 11.0. The van der Waals surface area contributed by atoms with Crippen LogP contribution in [0.3, 0.4) is 0 Å². The number of hydrogen-bond acceptors (Lipinski definition) is 3. The third kappa shape index (κ3) is 5.62. The molecule has 2 rings (SSSR count). The van der Waals surface area contributed by atoms with Crippen molar-refractivity contribution in [3.63, 3.8) is 0 Å². The monoisotopic (exact) mass is 359 g/mol. The van der Waals surface area contributed by atoms with Crippen molar-refractivity contribution in [1.82, 2.24) is 10.2 Å². The summed E-state index contributed by atoms with van der Waals surface area (Å²) in [5.41, 5.74) is 5.91. The molecule has 1 aliphatic carbocycles. The number of amides is 2. The summed E-state index contributed by atoms with van der Waals surface area (Å²) in [6.45, 7) is 5.78. The Kier molecular flexibility index (Phi) is 9.06. The summed E-state index contributed by atoms with van der Waals surface area (Å²) < 4.78 is 0. The Hall–Kier alpha value is -0.810. The van der Waals surface area contributed by atoms with Gasteiger partial charge in [-0.15, -0.1) is 12.4 Å². The van der Waals surface area contributed by atoms with Crippen LogP contribution < -0.4 is 11.1 Å². The number of nitrogens with two attached hydrogens (primary N) is 1. The lowest BCUT2D eigenvalue weighted by molar-refractivity contribution is -0.138. The number of likely N-dealkylation sites (tertiary alicyclic amines) is 1. The van der Waals surface area contributed by atoms with Crippen LogP contribution >= 0.6 is 12.4 Å². The fourth-order valence-electron chi connectivity index (χ4n) is 3.93. The fourth-order valence-corrected chi connectivity index (χ4v) is 3.93. The van der Waals surface area contributed by atoms with Crippen molar-refractivity contribution < 1.29 is 9.59 Å². The number of carbonyl (C=O) groups is 2.